The van der Waals surface area contributed by atoms with Crippen molar-refractivity contribution >= 4 is 17.4 Å². The van der Waals surface area contributed by atoms with Gasteiger partial charge < -0.3 is 10.5 Å². The molecule has 5 nitrogen and oxygen atoms in total. The molecule has 0 spiro atoms. The maximum Gasteiger partial charge on any atom is 0.167 e. The quantitative estimate of drug-likeness (QED) is 0.884. The topological polar surface area (TPSA) is 70.1 Å². The highest BCUT2D eigenvalue weighted by molar-refractivity contribution is 6.32. The SMILES string of the molecule is CCc1nn(C)c(CC(=O)C2CCC(CN)O2)c1Cl. The van der Waals surface area contributed by atoms with Crippen LogP contribution < -0.4 is 5.73 Å². The van der Waals surface area contributed by atoms with Gasteiger partial charge in [-0.15, -0.1) is 0 Å². The molecule has 2 rings (SSSR count). The third-order valence-corrected chi connectivity index (χ3v) is 4.01. The highest BCUT2D eigenvalue weighted by Crippen LogP contribution is 2.25. The first kappa shape index (κ1) is 14.5. The van der Waals surface area contributed by atoms with Crippen LogP contribution in [-0.2, 0) is 29.4 Å². The number of ether oxygens (including phenoxy) is 1. The zero-order chi connectivity index (χ0) is 14.0. The number of nitrogens with two attached hydrogens (primary N) is 1. The van der Waals surface area contributed by atoms with Gasteiger partial charge in [0.1, 0.15) is 6.10 Å². The number of ketones is 1. The van der Waals surface area contributed by atoms with E-state index in [1.165, 1.54) is 0 Å². The minimum Gasteiger partial charge on any atom is -0.366 e. The van der Waals surface area contributed by atoms with Crippen molar-refractivity contribution < 1.29 is 9.53 Å². The standard InChI is InChI=1S/C13H20ClN3O2/c1-3-9-13(14)10(17(2)16-9)6-11(18)12-5-4-8(7-15)19-12/h8,12H,3-7,15H2,1-2H3. The van der Waals surface area contributed by atoms with Gasteiger partial charge in [0.15, 0.2) is 5.78 Å². The lowest BCUT2D eigenvalue weighted by atomic mass is 10.1. The summed E-state index contributed by atoms with van der Waals surface area (Å²) in [6.07, 6.45) is 2.30. The monoisotopic (exact) mass is 285 g/mol. The Balaban J connectivity index is 2.05. The van der Waals surface area contributed by atoms with Crippen molar-refractivity contribution in [1.82, 2.24) is 9.78 Å². The van der Waals surface area contributed by atoms with Crippen LogP contribution in [0.25, 0.3) is 0 Å². The number of Topliss-reactive ketones (excluding diaryl/α,β-unsaturated/α-hetero) is 1. The molecule has 2 heterocycles. The zero-order valence-corrected chi connectivity index (χ0v) is 12.1. The Kier molecular flexibility index (Phi) is 4.60. The van der Waals surface area contributed by atoms with Gasteiger partial charge in [0, 0.05) is 13.6 Å². The molecule has 1 aliphatic heterocycles. The number of aryl methyl sites for hydroxylation is 2. The maximum absolute atomic E-state index is 12.2. The average molecular weight is 286 g/mol. The molecular weight excluding hydrogens is 266 g/mol. The van der Waals surface area contributed by atoms with Crippen molar-refractivity contribution in [2.45, 2.75) is 44.8 Å². The minimum atomic E-state index is -0.343. The van der Waals surface area contributed by atoms with Crippen LogP contribution in [0.15, 0.2) is 0 Å². The molecule has 0 aliphatic carbocycles. The molecule has 2 atom stereocenters. The van der Waals surface area contributed by atoms with Gasteiger partial charge in [-0.05, 0) is 19.3 Å². The summed E-state index contributed by atoms with van der Waals surface area (Å²) in [7, 11) is 1.81. The number of aromatic nitrogens is 2. The van der Waals surface area contributed by atoms with Crippen LogP contribution in [0.2, 0.25) is 5.02 Å². The van der Waals surface area contributed by atoms with Crippen molar-refractivity contribution in [3.05, 3.63) is 16.4 Å². The third-order valence-electron chi connectivity index (χ3n) is 3.57. The van der Waals surface area contributed by atoms with Crippen molar-refractivity contribution in [3.8, 4) is 0 Å². The van der Waals surface area contributed by atoms with Crippen LogP contribution >= 0.6 is 11.6 Å². The highest BCUT2D eigenvalue weighted by Gasteiger charge is 2.30. The Morgan fingerprint density at radius 1 is 1.58 bits per heavy atom. The Hall–Kier alpha value is -0.910. The number of hydrogen-bond donors (Lipinski definition) is 1. The zero-order valence-electron chi connectivity index (χ0n) is 11.4. The smallest absolute Gasteiger partial charge is 0.167 e. The number of rotatable bonds is 5. The van der Waals surface area contributed by atoms with Gasteiger partial charge in [-0.3, -0.25) is 9.48 Å². The number of carbonyl (C=O) groups excluding carboxylic acids is 1. The predicted octanol–water partition coefficient (Wildman–Crippen LogP) is 1.25. The summed E-state index contributed by atoms with van der Waals surface area (Å²) in [6, 6.07) is 0. The second kappa shape index (κ2) is 6.03. The first-order valence-electron chi connectivity index (χ1n) is 6.65. The first-order valence-corrected chi connectivity index (χ1v) is 7.03. The van der Waals surface area contributed by atoms with E-state index in [2.05, 4.69) is 5.10 Å². The largest absolute Gasteiger partial charge is 0.366 e. The second-order valence-corrected chi connectivity index (χ2v) is 5.27. The summed E-state index contributed by atoms with van der Waals surface area (Å²) in [4.78, 5) is 12.2. The van der Waals surface area contributed by atoms with Crippen LogP contribution in [0.5, 0.6) is 0 Å². The van der Waals surface area contributed by atoms with E-state index in [0.717, 1.165) is 30.7 Å². The Bertz CT molecular complexity index is 473. The molecule has 1 fully saturated rings. The molecule has 0 saturated carbocycles. The van der Waals surface area contributed by atoms with Crippen molar-refractivity contribution in [2.24, 2.45) is 12.8 Å². The molecule has 0 radical (unpaired) electrons. The van der Waals surface area contributed by atoms with Gasteiger partial charge in [-0.25, -0.2) is 0 Å². The molecule has 6 heteroatoms. The van der Waals surface area contributed by atoms with Crippen molar-refractivity contribution in [3.63, 3.8) is 0 Å². The molecule has 1 aromatic rings. The Labute approximate surface area is 118 Å². The van der Waals surface area contributed by atoms with Crippen molar-refractivity contribution in [1.29, 1.82) is 0 Å². The Morgan fingerprint density at radius 2 is 2.32 bits per heavy atom. The molecule has 0 bridgehead atoms. The summed E-state index contributed by atoms with van der Waals surface area (Å²) in [5.74, 6) is 0.0588. The van der Waals surface area contributed by atoms with E-state index in [0.29, 0.717) is 11.6 Å². The summed E-state index contributed by atoms with van der Waals surface area (Å²) in [5.41, 5.74) is 7.15. The van der Waals surface area contributed by atoms with E-state index in [1.807, 2.05) is 14.0 Å². The van der Waals surface area contributed by atoms with E-state index in [4.69, 9.17) is 22.1 Å². The Morgan fingerprint density at radius 3 is 2.84 bits per heavy atom. The number of halogens is 1. The summed E-state index contributed by atoms with van der Waals surface area (Å²) >= 11 is 6.24. The van der Waals surface area contributed by atoms with Crippen LogP contribution in [0.1, 0.15) is 31.2 Å². The van der Waals surface area contributed by atoms with Gasteiger partial charge in [-0.1, -0.05) is 18.5 Å². The number of hydrogen-bond acceptors (Lipinski definition) is 4. The molecule has 106 valence electrons. The van der Waals surface area contributed by atoms with Gasteiger partial charge in [0.25, 0.3) is 0 Å². The fourth-order valence-electron chi connectivity index (χ4n) is 2.41. The van der Waals surface area contributed by atoms with Crippen LogP contribution in [-0.4, -0.2) is 34.3 Å². The van der Waals surface area contributed by atoms with Crippen molar-refractivity contribution in [2.75, 3.05) is 6.54 Å². The highest BCUT2D eigenvalue weighted by atomic mass is 35.5. The van der Waals surface area contributed by atoms with Crippen LogP contribution in [0.4, 0.5) is 0 Å². The molecule has 0 aromatic carbocycles. The summed E-state index contributed by atoms with van der Waals surface area (Å²) < 4.78 is 7.30. The minimum absolute atomic E-state index is 0.0159. The van der Waals surface area contributed by atoms with Gasteiger partial charge in [0.2, 0.25) is 0 Å². The van der Waals surface area contributed by atoms with Gasteiger partial charge in [0.05, 0.1) is 28.9 Å². The number of nitrogens with zero attached hydrogens (tertiary/aromatic N) is 2. The molecule has 19 heavy (non-hydrogen) atoms. The van der Waals surface area contributed by atoms with E-state index in [-0.39, 0.29) is 24.4 Å². The lowest BCUT2D eigenvalue weighted by Crippen LogP contribution is -2.26. The van der Waals surface area contributed by atoms with Gasteiger partial charge in [-0.2, -0.15) is 5.10 Å². The van der Waals surface area contributed by atoms with E-state index < -0.39 is 0 Å². The fraction of sp³-hybridized carbons (Fsp3) is 0.692. The molecule has 2 N–H and O–H groups in total. The molecule has 1 aliphatic rings. The van der Waals surface area contributed by atoms with E-state index in [9.17, 15) is 4.79 Å². The molecular formula is C13H20ClN3O2. The molecule has 2 unspecified atom stereocenters. The molecule has 1 saturated heterocycles. The molecule has 0 amide bonds. The van der Waals surface area contributed by atoms with Gasteiger partial charge >= 0.3 is 0 Å². The first-order chi connectivity index (χ1) is 9.06. The summed E-state index contributed by atoms with van der Waals surface area (Å²) in [6.45, 7) is 2.46. The lowest BCUT2D eigenvalue weighted by Gasteiger charge is -2.11. The van der Waals surface area contributed by atoms with E-state index in [1.54, 1.807) is 4.68 Å². The van der Waals surface area contributed by atoms with Crippen LogP contribution in [0, 0.1) is 0 Å². The molecule has 1 aromatic heterocycles. The summed E-state index contributed by atoms with van der Waals surface area (Å²) in [5, 5.41) is 4.91. The average Bonchev–Trinajstić information content (AvgIpc) is 2.98. The maximum atomic E-state index is 12.2. The normalized spacial score (nSPS) is 22.9. The van der Waals surface area contributed by atoms with Crippen LogP contribution in [0.3, 0.4) is 0 Å². The predicted molar refractivity (Wildman–Crippen MR) is 73.3 cm³/mol. The third kappa shape index (κ3) is 2.99. The second-order valence-electron chi connectivity index (χ2n) is 4.89. The van der Waals surface area contributed by atoms with E-state index >= 15 is 0 Å². The fourth-order valence-corrected chi connectivity index (χ4v) is 2.77. The lowest BCUT2D eigenvalue weighted by molar-refractivity contribution is -0.129. The number of carbonyl (C=O) groups is 1.